The van der Waals surface area contributed by atoms with Crippen LogP contribution in [0.1, 0.15) is 12.8 Å². The number of halogens is 4. The maximum Gasteiger partial charge on any atom is 0.351 e. The summed E-state index contributed by atoms with van der Waals surface area (Å²) in [6.45, 7) is -0.459. The van der Waals surface area contributed by atoms with Crippen LogP contribution in [0.3, 0.4) is 0 Å². The lowest BCUT2D eigenvalue weighted by Gasteiger charge is -2.11. The summed E-state index contributed by atoms with van der Waals surface area (Å²) in [6.07, 6.45) is 1.48. The first-order valence-electron chi connectivity index (χ1n) is 7.64. The van der Waals surface area contributed by atoms with E-state index in [9.17, 15) is 22.4 Å². The minimum absolute atomic E-state index is 0.0298. The molecule has 0 saturated carbocycles. The maximum absolute atomic E-state index is 13.9. The molecule has 0 radical (unpaired) electrons. The van der Waals surface area contributed by atoms with E-state index in [1.165, 1.54) is 6.08 Å². The fraction of sp³-hybridized carbons (Fsp3) is 0.188. The van der Waals surface area contributed by atoms with Gasteiger partial charge in [0.2, 0.25) is 5.65 Å². The van der Waals surface area contributed by atoms with Gasteiger partial charge in [-0.2, -0.15) is 0 Å². The molecule has 1 aliphatic rings. The predicted molar refractivity (Wildman–Crippen MR) is 85.6 cm³/mol. The molecule has 0 amide bonds. The fourth-order valence-corrected chi connectivity index (χ4v) is 2.91. The second kappa shape index (κ2) is 5.68. The van der Waals surface area contributed by atoms with E-state index in [-0.39, 0.29) is 40.9 Å². The second-order valence-corrected chi connectivity index (χ2v) is 5.83. The van der Waals surface area contributed by atoms with Crippen molar-refractivity contribution < 1.29 is 17.6 Å². The standard InChI is InChI=1S/C16H11F4N5O/c17-8-2-1-3-9(18)7(8)6-24-16(26)25-13-5-11(20)10(19)4-12(13)22-14(21)15(25)23-24/h2,4-5H,1,3,6H2,(H2,21,22). The average Bonchev–Trinajstić information content (AvgIpc) is 2.91. The fourth-order valence-electron chi connectivity index (χ4n) is 2.91. The molecule has 0 atom stereocenters. The molecule has 4 rings (SSSR count). The Labute approximate surface area is 142 Å². The predicted octanol–water partition coefficient (Wildman–Crippen LogP) is 2.78. The van der Waals surface area contributed by atoms with Crippen molar-refractivity contribution >= 4 is 22.5 Å². The third-order valence-corrected chi connectivity index (χ3v) is 4.18. The highest BCUT2D eigenvalue weighted by molar-refractivity contribution is 5.81. The molecule has 0 bridgehead atoms. The van der Waals surface area contributed by atoms with Gasteiger partial charge in [-0.15, -0.1) is 5.10 Å². The largest absolute Gasteiger partial charge is 0.381 e. The Morgan fingerprint density at radius 2 is 1.88 bits per heavy atom. The lowest BCUT2D eigenvalue weighted by molar-refractivity contribution is 0.508. The molecule has 26 heavy (non-hydrogen) atoms. The SMILES string of the molecule is Nc1nc2cc(F)c(F)cc2n2c(=O)n(CC3=C(F)CCC=C3F)nc12. The van der Waals surface area contributed by atoms with Crippen LogP contribution in [-0.4, -0.2) is 19.2 Å². The smallest absolute Gasteiger partial charge is 0.351 e. The van der Waals surface area contributed by atoms with E-state index in [0.717, 1.165) is 21.2 Å². The van der Waals surface area contributed by atoms with Crippen molar-refractivity contribution in [3.8, 4) is 0 Å². The molecule has 0 unspecified atom stereocenters. The van der Waals surface area contributed by atoms with Crippen molar-refractivity contribution in [2.45, 2.75) is 19.4 Å². The summed E-state index contributed by atoms with van der Waals surface area (Å²) in [5, 5.41) is 3.95. The van der Waals surface area contributed by atoms with Crippen molar-refractivity contribution in [3.05, 3.63) is 57.6 Å². The number of hydrogen-bond acceptors (Lipinski definition) is 4. The number of aromatic nitrogens is 4. The monoisotopic (exact) mass is 365 g/mol. The van der Waals surface area contributed by atoms with Crippen molar-refractivity contribution in [2.75, 3.05) is 5.73 Å². The molecule has 134 valence electrons. The molecule has 1 aliphatic carbocycles. The number of allylic oxidation sites excluding steroid dienone is 4. The number of fused-ring (bicyclic) bond motifs is 3. The molecular weight excluding hydrogens is 354 g/mol. The number of anilines is 1. The number of nitrogen functional groups attached to an aromatic ring is 1. The van der Waals surface area contributed by atoms with E-state index >= 15 is 0 Å². The summed E-state index contributed by atoms with van der Waals surface area (Å²) in [4.78, 5) is 16.6. The first-order chi connectivity index (χ1) is 12.4. The topological polar surface area (TPSA) is 78.2 Å². The molecule has 2 aromatic heterocycles. The summed E-state index contributed by atoms with van der Waals surface area (Å²) >= 11 is 0. The van der Waals surface area contributed by atoms with Gasteiger partial charge in [-0.3, -0.25) is 0 Å². The molecule has 1 aromatic carbocycles. The highest BCUT2D eigenvalue weighted by Crippen LogP contribution is 2.28. The van der Waals surface area contributed by atoms with Crippen molar-refractivity contribution in [3.63, 3.8) is 0 Å². The van der Waals surface area contributed by atoms with Crippen LogP contribution in [0.25, 0.3) is 16.7 Å². The molecule has 0 aliphatic heterocycles. The summed E-state index contributed by atoms with van der Waals surface area (Å²) in [5.41, 5.74) is 4.44. The molecule has 0 fully saturated rings. The van der Waals surface area contributed by atoms with Crippen molar-refractivity contribution in [1.82, 2.24) is 19.2 Å². The van der Waals surface area contributed by atoms with Crippen LogP contribution in [-0.2, 0) is 6.54 Å². The number of benzene rings is 1. The zero-order chi connectivity index (χ0) is 18.6. The summed E-state index contributed by atoms with van der Waals surface area (Å²) in [6, 6.07) is 1.59. The van der Waals surface area contributed by atoms with Gasteiger partial charge >= 0.3 is 5.69 Å². The quantitative estimate of drug-likeness (QED) is 0.709. The second-order valence-electron chi connectivity index (χ2n) is 5.83. The van der Waals surface area contributed by atoms with Crippen LogP contribution in [0, 0.1) is 11.6 Å². The Morgan fingerprint density at radius 1 is 1.15 bits per heavy atom. The third kappa shape index (κ3) is 2.37. The number of nitrogens with zero attached hydrogens (tertiary/aromatic N) is 4. The van der Waals surface area contributed by atoms with E-state index in [4.69, 9.17) is 5.73 Å². The summed E-state index contributed by atoms with van der Waals surface area (Å²) in [5.74, 6) is -3.96. The van der Waals surface area contributed by atoms with Gasteiger partial charge in [-0.25, -0.2) is 36.4 Å². The number of rotatable bonds is 2. The molecule has 6 nitrogen and oxygen atoms in total. The summed E-state index contributed by atoms with van der Waals surface area (Å²) in [7, 11) is 0. The van der Waals surface area contributed by atoms with E-state index in [2.05, 4.69) is 10.1 Å². The molecule has 2 heterocycles. The van der Waals surface area contributed by atoms with Gasteiger partial charge in [-0.05, 0) is 12.5 Å². The van der Waals surface area contributed by atoms with Crippen LogP contribution in [0.15, 0.2) is 40.2 Å². The first kappa shape index (κ1) is 16.3. The van der Waals surface area contributed by atoms with Crippen LogP contribution in [0.5, 0.6) is 0 Å². The lowest BCUT2D eigenvalue weighted by Crippen LogP contribution is -2.23. The van der Waals surface area contributed by atoms with Gasteiger partial charge in [0.15, 0.2) is 17.5 Å². The van der Waals surface area contributed by atoms with E-state index < -0.39 is 35.5 Å². The van der Waals surface area contributed by atoms with Crippen LogP contribution in [0.2, 0.25) is 0 Å². The highest BCUT2D eigenvalue weighted by atomic mass is 19.2. The Bertz CT molecular complexity index is 1190. The zero-order valence-corrected chi connectivity index (χ0v) is 13.1. The average molecular weight is 365 g/mol. The van der Waals surface area contributed by atoms with Gasteiger partial charge in [0, 0.05) is 24.1 Å². The first-order valence-corrected chi connectivity index (χ1v) is 7.64. The van der Waals surface area contributed by atoms with Crippen LogP contribution < -0.4 is 11.4 Å². The number of nitrogens with two attached hydrogens (primary N) is 1. The lowest BCUT2D eigenvalue weighted by atomic mass is 10.0. The van der Waals surface area contributed by atoms with Gasteiger partial charge in [0.25, 0.3) is 0 Å². The van der Waals surface area contributed by atoms with Crippen molar-refractivity contribution in [2.24, 2.45) is 0 Å². The molecule has 2 N–H and O–H groups in total. The molecular formula is C16H11F4N5O. The highest BCUT2D eigenvalue weighted by Gasteiger charge is 2.21. The Balaban J connectivity index is 1.96. The molecule has 3 aromatic rings. The van der Waals surface area contributed by atoms with Crippen LogP contribution in [0.4, 0.5) is 23.4 Å². The minimum atomic E-state index is -1.18. The zero-order valence-electron chi connectivity index (χ0n) is 13.1. The van der Waals surface area contributed by atoms with E-state index in [0.29, 0.717) is 0 Å². The van der Waals surface area contributed by atoms with E-state index in [1.807, 2.05) is 0 Å². The van der Waals surface area contributed by atoms with E-state index in [1.54, 1.807) is 0 Å². The van der Waals surface area contributed by atoms with Crippen molar-refractivity contribution in [1.29, 1.82) is 0 Å². The van der Waals surface area contributed by atoms with Gasteiger partial charge in [-0.1, -0.05) is 0 Å². The maximum atomic E-state index is 13.9. The molecule has 10 heteroatoms. The van der Waals surface area contributed by atoms with Gasteiger partial charge in [0.1, 0.15) is 11.7 Å². The molecule has 0 spiro atoms. The molecule has 0 saturated heterocycles. The normalized spacial score (nSPS) is 15.2. The Morgan fingerprint density at radius 3 is 2.62 bits per heavy atom. The van der Waals surface area contributed by atoms with Crippen LogP contribution >= 0.6 is 0 Å². The number of hydrogen-bond donors (Lipinski definition) is 1. The Hall–Kier alpha value is -3.17. The van der Waals surface area contributed by atoms with Gasteiger partial charge in [0.05, 0.1) is 17.6 Å². The summed E-state index contributed by atoms with van der Waals surface area (Å²) < 4.78 is 56.6. The Kier molecular flexibility index (Phi) is 3.56. The third-order valence-electron chi connectivity index (χ3n) is 4.18. The van der Waals surface area contributed by atoms with Gasteiger partial charge < -0.3 is 5.73 Å². The minimum Gasteiger partial charge on any atom is -0.381 e.